The molecule has 0 aliphatic heterocycles. The molecule has 128 valence electrons. The van der Waals surface area contributed by atoms with Gasteiger partial charge < -0.3 is 15.2 Å². The zero-order valence-corrected chi connectivity index (χ0v) is 13.8. The van der Waals surface area contributed by atoms with Gasteiger partial charge in [-0.25, -0.2) is 0 Å². The van der Waals surface area contributed by atoms with E-state index in [1.54, 1.807) is 28.9 Å². The van der Waals surface area contributed by atoms with Crippen LogP contribution in [0, 0.1) is 13.8 Å². The average molecular weight is 331 g/mol. The predicted molar refractivity (Wildman–Crippen MR) is 89.1 cm³/mol. The number of carboxylic acid groups (broad SMARTS) is 1. The van der Waals surface area contributed by atoms with Crippen LogP contribution in [0.25, 0.3) is 0 Å². The van der Waals surface area contributed by atoms with Gasteiger partial charge in [-0.15, -0.1) is 0 Å². The summed E-state index contributed by atoms with van der Waals surface area (Å²) in [5, 5.41) is 15.6. The minimum Gasteiger partial charge on any atom is -0.494 e. The van der Waals surface area contributed by atoms with Crippen LogP contribution < -0.4 is 10.1 Å². The molecule has 2 rings (SSSR count). The lowest BCUT2D eigenvalue weighted by Gasteiger charge is -2.09. The Morgan fingerprint density at radius 2 is 1.96 bits per heavy atom. The van der Waals surface area contributed by atoms with Gasteiger partial charge in [0.05, 0.1) is 12.3 Å². The largest absolute Gasteiger partial charge is 0.494 e. The summed E-state index contributed by atoms with van der Waals surface area (Å²) in [5.74, 6) is -0.354. The van der Waals surface area contributed by atoms with Crippen molar-refractivity contribution in [3.8, 4) is 5.75 Å². The van der Waals surface area contributed by atoms with Crippen LogP contribution in [0.3, 0.4) is 0 Å². The number of hydrogen-bond acceptors (Lipinski definition) is 4. The van der Waals surface area contributed by atoms with E-state index in [0.717, 1.165) is 11.4 Å². The summed E-state index contributed by atoms with van der Waals surface area (Å²) >= 11 is 0. The fourth-order valence-electron chi connectivity index (χ4n) is 2.22. The molecule has 0 bridgehead atoms. The molecular formula is C17H21N3O4. The molecule has 0 atom stereocenters. The van der Waals surface area contributed by atoms with E-state index in [9.17, 15) is 9.59 Å². The van der Waals surface area contributed by atoms with Gasteiger partial charge in [0.15, 0.2) is 0 Å². The minimum absolute atomic E-state index is 0.0838. The maximum atomic E-state index is 12.0. The van der Waals surface area contributed by atoms with E-state index in [-0.39, 0.29) is 18.9 Å². The number of aliphatic carboxylic acids is 1. The lowest BCUT2D eigenvalue weighted by molar-refractivity contribution is -0.137. The first kappa shape index (κ1) is 17.5. The topological polar surface area (TPSA) is 93.5 Å². The number of nitrogens with zero attached hydrogens (tertiary/aromatic N) is 2. The highest BCUT2D eigenvalue weighted by Crippen LogP contribution is 2.16. The summed E-state index contributed by atoms with van der Waals surface area (Å²) < 4.78 is 7.10. The second-order valence-corrected chi connectivity index (χ2v) is 5.50. The lowest BCUT2D eigenvalue weighted by Crippen LogP contribution is -2.20. The average Bonchev–Trinajstić information content (AvgIpc) is 2.82. The quantitative estimate of drug-likeness (QED) is 0.724. The molecular weight excluding hydrogens is 310 g/mol. The Balaban J connectivity index is 1.81. The number of carbonyl (C=O) groups is 2. The van der Waals surface area contributed by atoms with Gasteiger partial charge in [-0.3, -0.25) is 14.3 Å². The first-order chi connectivity index (χ1) is 11.4. The van der Waals surface area contributed by atoms with Crippen molar-refractivity contribution in [2.45, 2.75) is 33.2 Å². The molecule has 1 amide bonds. The number of nitrogens with one attached hydrogen (secondary N) is 1. The van der Waals surface area contributed by atoms with E-state index in [4.69, 9.17) is 9.84 Å². The lowest BCUT2D eigenvalue weighted by atomic mass is 10.3. The molecule has 7 heteroatoms. The van der Waals surface area contributed by atoms with Crippen LogP contribution in [0.4, 0.5) is 5.69 Å². The van der Waals surface area contributed by atoms with Crippen LogP contribution in [0.1, 0.15) is 24.2 Å². The normalized spacial score (nSPS) is 10.4. The van der Waals surface area contributed by atoms with Crippen LogP contribution in [0.2, 0.25) is 0 Å². The molecule has 0 aliphatic carbocycles. The first-order valence-corrected chi connectivity index (χ1v) is 7.69. The third-order valence-corrected chi connectivity index (χ3v) is 3.34. The zero-order valence-electron chi connectivity index (χ0n) is 13.8. The summed E-state index contributed by atoms with van der Waals surface area (Å²) in [6.07, 6.45) is 0.539. The number of hydrogen-bond donors (Lipinski definition) is 2. The SMILES string of the molecule is Cc1cc(C)n(CC(=O)Nc2ccc(OCCCC(=O)O)cc2)n1. The predicted octanol–water partition coefficient (Wildman–Crippen LogP) is 2.38. The van der Waals surface area contributed by atoms with E-state index in [1.807, 2.05) is 19.9 Å². The molecule has 2 N–H and O–H groups in total. The highest BCUT2D eigenvalue weighted by molar-refractivity contribution is 5.90. The van der Waals surface area contributed by atoms with Crippen molar-refractivity contribution in [1.82, 2.24) is 9.78 Å². The van der Waals surface area contributed by atoms with Crippen molar-refractivity contribution in [2.75, 3.05) is 11.9 Å². The molecule has 0 fully saturated rings. The van der Waals surface area contributed by atoms with Gasteiger partial charge in [0.25, 0.3) is 0 Å². The van der Waals surface area contributed by atoms with Gasteiger partial charge in [-0.1, -0.05) is 0 Å². The van der Waals surface area contributed by atoms with Gasteiger partial charge >= 0.3 is 5.97 Å². The van der Waals surface area contributed by atoms with Crippen molar-refractivity contribution in [2.24, 2.45) is 0 Å². The fraction of sp³-hybridized carbons (Fsp3) is 0.353. The summed E-state index contributed by atoms with van der Waals surface area (Å²) in [4.78, 5) is 22.5. The molecule has 0 aliphatic rings. The standard InChI is InChI=1S/C17H21N3O4/c1-12-10-13(2)20(19-12)11-16(21)18-14-5-7-15(8-6-14)24-9-3-4-17(22)23/h5-8,10H,3-4,9,11H2,1-2H3,(H,18,21)(H,22,23). The molecule has 1 aromatic heterocycles. The van der Waals surface area contributed by atoms with Crippen LogP contribution in [-0.2, 0) is 16.1 Å². The van der Waals surface area contributed by atoms with Gasteiger partial charge in [0.2, 0.25) is 5.91 Å². The smallest absolute Gasteiger partial charge is 0.303 e. The molecule has 0 unspecified atom stereocenters. The number of amides is 1. The molecule has 0 spiro atoms. The van der Waals surface area contributed by atoms with Crippen LogP contribution >= 0.6 is 0 Å². The molecule has 0 saturated heterocycles. The fourth-order valence-corrected chi connectivity index (χ4v) is 2.22. The Morgan fingerprint density at radius 1 is 1.25 bits per heavy atom. The Morgan fingerprint density at radius 3 is 2.54 bits per heavy atom. The highest BCUT2D eigenvalue weighted by Gasteiger charge is 2.07. The monoisotopic (exact) mass is 331 g/mol. The molecule has 0 saturated carbocycles. The Bertz CT molecular complexity index is 707. The van der Waals surface area contributed by atoms with Crippen LogP contribution in [0.15, 0.2) is 30.3 Å². The summed E-state index contributed by atoms with van der Waals surface area (Å²) in [6, 6.07) is 8.88. The summed E-state index contributed by atoms with van der Waals surface area (Å²) in [7, 11) is 0. The van der Waals surface area contributed by atoms with Crippen molar-refractivity contribution < 1.29 is 19.4 Å². The zero-order chi connectivity index (χ0) is 17.5. The third-order valence-electron chi connectivity index (χ3n) is 3.34. The Kier molecular flexibility index (Phi) is 5.95. The maximum absolute atomic E-state index is 12.0. The van der Waals surface area contributed by atoms with Gasteiger partial charge in [-0.2, -0.15) is 5.10 Å². The second-order valence-electron chi connectivity index (χ2n) is 5.50. The number of carbonyl (C=O) groups excluding carboxylic acids is 1. The molecule has 2 aromatic rings. The number of benzene rings is 1. The molecule has 24 heavy (non-hydrogen) atoms. The van der Waals surface area contributed by atoms with Gasteiger partial charge in [0.1, 0.15) is 12.3 Å². The number of anilines is 1. The number of aryl methyl sites for hydroxylation is 2. The second kappa shape index (κ2) is 8.14. The maximum Gasteiger partial charge on any atom is 0.303 e. The van der Waals surface area contributed by atoms with Crippen molar-refractivity contribution in [3.05, 3.63) is 41.7 Å². The van der Waals surface area contributed by atoms with Crippen molar-refractivity contribution in [3.63, 3.8) is 0 Å². The van der Waals surface area contributed by atoms with Gasteiger partial charge in [0, 0.05) is 17.8 Å². The van der Waals surface area contributed by atoms with E-state index in [1.165, 1.54) is 0 Å². The van der Waals surface area contributed by atoms with E-state index >= 15 is 0 Å². The highest BCUT2D eigenvalue weighted by atomic mass is 16.5. The van der Waals surface area contributed by atoms with Crippen LogP contribution in [-0.4, -0.2) is 33.4 Å². The third kappa shape index (κ3) is 5.42. The van der Waals surface area contributed by atoms with Crippen LogP contribution in [0.5, 0.6) is 5.75 Å². The van der Waals surface area contributed by atoms with E-state index < -0.39 is 5.97 Å². The number of rotatable bonds is 8. The van der Waals surface area contributed by atoms with Crippen molar-refractivity contribution >= 4 is 17.6 Å². The van der Waals surface area contributed by atoms with E-state index in [2.05, 4.69) is 10.4 Å². The van der Waals surface area contributed by atoms with Crippen molar-refractivity contribution in [1.29, 1.82) is 0 Å². The van der Waals surface area contributed by atoms with Gasteiger partial charge in [-0.05, 0) is 50.6 Å². The summed E-state index contributed by atoms with van der Waals surface area (Å²) in [6.45, 7) is 4.30. The molecule has 7 nitrogen and oxygen atoms in total. The summed E-state index contributed by atoms with van der Waals surface area (Å²) in [5.41, 5.74) is 2.48. The van der Waals surface area contributed by atoms with E-state index in [0.29, 0.717) is 24.5 Å². The number of ether oxygens (including phenoxy) is 1. The molecule has 1 heterocycles. The minimum atomic E-state index is -0.834. The molecule has 0 radical (unpaired) electrons. The molecule has 1 aromatic carbocycles. The Hall–Kier alpha value is -2.83. The Labute approximate surface area is 140 Å². The first-order valence-electron chi connectivity index (χ1n) is 7.69. The number of carboxylic acids is 1. The number of aromatic nitrogens is 2.